The van der Waals surface area contributed by atoms with E-state index in [1.807, 2.05) is 0 Å². The maximum atomic E-state index is 13.2. The molecule has 1 atom stereocenters. The van der Waals surface area contributed by atoms with Crippen molar-refractivity contribution in [1.29, 1.82) is 0 Å². The maximum absolute atomic E-state index is 13.2. The molecule has 8 nitrogen and oxygen atoms in total. The topological polar surface area (TPSA) is 119 Å². The van der Waals surface area contributed by atoms with E-state index < -0.39 is 46.1 Å². The molecule has 2 rings (SSSR count). The number of Topliss-reactive ketones (excluding diaryl/α,β-unsaturated/α-hetero) is 1. The quantitative estimate of drug-likeness (QED) is 0.479. The summed E-state index contributed by atoms with van der Waals surface area (Å²) in [6.07, 6.45) is 0. The monoisotopic (exact) mass is 440 g/mol. The van der Waals surface area contributed by atoms with Crippen LogP contribution in [0, 0.1) is 11.6 Å². The van der Waals surface area contributed by atoms with Crippen molar-refractivity contribution >= 4 is 33.4 Å². The molecular formula is C19H18F2N2O6S. The van der Waals surface area contributed by atoms with E-state index in [0.717, 1.165) is 12.1 Å². The number of sulfonamides is 1. The first-order chi connectivity index (χ1) is 14.0. The fraction of sp³-hybridized carbons (Fsp3) is 0.211. The molecule has 30 heavy (non-hydrogen) atoms. The highest BCUT2D eigenvalue weighted by atomic mass is 32.2. The third kappa shape index (κ3) is 6.16. The van der Waals surface area contributed by atoms with Gasteiger partial charge in [-0.05, 0) is 49.4 Å². The zero-order valence-corrected chi connectivity index (χ0v) is 16.8. The van der Waals surface area contributed by atoms with Gasteiger partial charge in [0.1, 0.15) is 6.04 Å². The Balaban J connectivity index is 1.96. The van der Waals surface area contributed by atoms with Gasteiger partial charge in [-0.15, -0.1) is 0 Å². The lowest BCUT2D eigenvalue weighted by molar-refractivity contribution is -0.144. The fourth-order valence-corrected chi connectivity index (χ4v) is 3.48. The van der Waals surface area contributed by atoms with Crippen LogP contribution in [0.4, 0.5) is 14.5 Å². The molecule has 0 aliphatic carbocycles. The number of carbonyl (C=O) groups excluding carboxylic acids is 3. The molecule has 0 saturated carbocycles. The van der Waals surface area contributed by atoms with Crippen molar-refractivity contribution in [3.8, 4) is 0 Å². The summed E-state index contributed by atoms with van der Waals surface area (Å²) in [6.45, 7) is 1.74. The van der Waals surface area contributed by atoms with Crippen LogP contribution in [0.25, 0.3) is 0 Å². The molecule has 0 radical (unpaired) electrons. The lowest BCUT2D eigenvalue weighted by Crippen LogP contribution is -2.40. The second-order valence-electron chi connectivity index (χ2n) is 6.21. The van der Waals surface area contributed by atoms with Crippen LogP contribution >= 0.6 is 0 Å². The third-order valence-corrected chi connectivity index (χ3v) is 5.31. The average Bonchev–Trinajstić information content (AvgIpc) is 2.67. The van der Waals surface area contributed by atoms with Crippen molar-refractivity contribution in [3.63, 3.8) is 0 Å². The number of nitrogens with one attached hydrogen (secondary N) is 2. The molecule has 0 fully saturated rings. The number of ether oxygens (including phenoxy) is 1. The van der Waals surface area contributed by atoms with Gasteiger partial charge in [0.2, 0.25) is 15.9 Å². The minimum absolute atomic E-state index is 0.158. The smallest absolute Gasteiger partial charge is 0.324 e. The molecular weight excluding hydrogens is 422 g/mol. The number of benzene rings is 2. The van der Waals surface area contributed by atoms with Crippen molar-refractivity contribution in [3.05, 3.63) is 59.7 Å². The molecule has 0 unspecified atom stereocenters. The number of ketones is 1. The number of halogens is 2. The highest BCUT2D eigenvalue weighted by molar-refractivity contribution is 7.89. The highest BCUT2D eigenvalue weighted by Gasteiger charge is 2.24. The first-order valence-corrected chi connectivity index (χ1v) is 10.0. The van der Waals surface area contributed by atoms with Crippen LogP contribution in [0.3, 0.4) is 0 Å². The van der Waals surface area contributed by atoms with Gasteiger partial charge < -0.3 is 10.1 Å². The fourth-order valence-electron chi connectivity index (χ4n) is 2.28. The van der Waals surface area contributed by atoms with Crippen LogP contribution in [-0.2, 0) is 24.3 Å². The summed E-state index contributed by atoms with van der Waals surface area (Å²) in [5.41, 5.74) is 0.193. The molecule has 0 aromatic heterocycles. The summed E-state index contributed by atoms with van der Waals surface area (Å²) < 4.78 is 57.6. The molecule has 0 saturated heterocycles. The van der Waals surface area contributed by atoms with E-state index in [2.05, 4.69) is 10.0 Å². The average molecular weight is 440 g/mol. The second-order valence-corrected chi connectivity index (χ2v) is 7.92. The van der Waals surface area contributed by atoms with Crippen LogP contribution in [0.15, 0.2) is 47.4 Å². The lowest BCUT2D eigenvalue weighted by Gasteiger charge is -2.14. The maximum Gasteiger partial charge on any atom is 0.324 e. The van der Waals surface area contributed by atoms with Crippen molar-refractivity contribution in [2.75, 3.05) is 11.9 Å². The Bertz CT molecular complexity index is 1070. The van der Waals surface area contributed by atoms with Crippen molar-refractivity contribution in [1.82, 2.24) is 4.72 Å². The van der Waals surface area contributed by atoms with E-state index in [-0.39, 0.29) is 16.4 Å². The molecule has 0 bridgehead atoms. The summed E-state index contributed by atoms with van der Waals surface area (Å²) >= 11 is 0. The van der Waals surface area contributed by atoms with E-state index in [0.29, 0.717) is 11.8 Å². The Morgan fingerprint density at radius 2 is 1.67 bits per heavy atom. The summed E-state index contributed by atoms with van der Waals surface area (Å²) in [4.78, 5) is 34.8. The Kier molecular flexibility index (Phi) is 7.35. The predicted octanol–water partition coefficient (Wildman–Crippen LogP) is 2.02. The normalized spacial score (nSPS) is 12.1. The number of amides is 1. The van der Waals surface area contributed by atoms with Crippen LogP contribution < -0.4 is 10.0 Å². The highest BCUT2D eigenvalue weighted by Crippen LogP contribution is 2.15. The van der Waals surface area contributed by atoms with E-state index in [4.69, 9.17) is 4.74 Å². The summed E-state index contributed by atoms with van der Waals surface area (Å²) in [5.74, 6) is -4.50. The van der Waals surface area contributed by atoms with E-state index in [1.165, 1.54) is 38.1 Å². The van der Waals surface area contributed by atoms with Gasteiger partial charge in [-0.2, -0.15) is 4.72 Å². The van der Waals surface area contributed by atoms with Crippen LogP contribution in [0.1, 0.15) is 24.2 Å². The van der Waals surface area contributed by atoms with Gasteiger partial charge in [0.05, 0.1) is 4.90 Å². The summed E-state index contributed by atoms with van der Waals surface area (Å²) in [5, 5.41) is 2.49. The van der Waals surface area contributed by atoms with Crippen LogP contribution in [-0.4, -0.2) is 38.7 Å². The summed E-state index contributed by atoms with van der Waals surface area (Å²) in [6, 6.07) is 6.35. The van der Waals surface area contributed by atoms with Crippen molar-refractivity contribution in [2.24, 2.45) is 0 Å². The Morgan fingerprint density at radius 3 is 2.23 bits per heavy atom. The van der Waals surface area contributed by atoms with Gasteiger partial charge in [0, 0.05) is 18.2 Å². The van der Waals surface area contributed by atoms with Gasteiger partial charge in [-0.25, -0.2) is 17.2 Å². The van der Waals surface area contributed by atoms with E-state index >= 15 is 0 Å². The molecule has 0 aliphatic heterocycles. The number of esters is 1. The van der Waals surface area contributed by atoms with Gasteiger partial charge in [0.15, 0.2) is 24.0 Å². The Morgan fingerprint density at radius 1 is 1.03 bits per heavy atom. The number of hydrogen-bond donors (Lipinski definition) is 2. The lowest BCUT2D eigenvalue weighted by atomic mass is 10.1. The number of hydrogen-bond acceptors (Lipinski definition) is 6. The zero-order chi connectivity index (χ0) is 22.5. The number of anilines is 1. The molecule has 2 aromatic rings. The molecule has 0 heterocycles. The van der Waals surface area contributed by atoms with E-state index in [9.17, 15) is 31.6 Å². The molecule has 2 aromatic carbocycles. The molecule has 2 N–H and O–H groups in total. The Hall–Kier alpha value is -3.18. The Labute approximate surface area is 171 Å². The molecule has 160 valence electrons. The third-order valence-electron chi connectivity index (χ3n) is 3.76. The van der Waals surface area contributed by atoms with E-state index in [1.54, 1.807) is 0 Å². The molecule has 11 heteroatoms. The molecule has 0 spiro atoms. The van der Waals surface area contributed by atoms with Gasteiger partial charge in [0.25, 0.3) is 0 Å². The van der Waals surface area contributed by atoms with Gasteiger partial charge in [-0.3, -0.25) is 14.4 Å². The van der Waals surface area contributed by atoms with Crippen LogP contribution in [0.2, 0.25) is 0 Å². The largest absolute Gasteiger partial charge is 0.456 e. The van der Waals surface area contributed by atoms with Gasteiger partial charge >= 0.3 is 5.97 Å². The zero-order valence-electron chi connectivity index (χ0n) is 15.9. The number of carbonyl (C=O) groups is 3. The first kappa shape index (κ1) is 23.1. The first-order valence-electron chi connectivity index (χ1n) is 8.54. The predicted molar refractivity (Wildman–Crippen MR) is 102 cm³/mol. The SMILES string of the molecule is CC(=O)Nc1ccc(S(=O)(=O)N[C@H](C)C(=O)OCC(=O)c2ccc(F)c(F)c2)cc1. The van der Waals surface area contributed by atoms with Crippen molar-refractivity contribution in [2.45, 2.75) is 24.8 Å². The molecule has 1 amide bonds. The number of rotatable bonds is 8. The van der Waals surface area contributed by atoms with Gasteiger partial charge in [-0.1, -0.05) is 0 Å². The minimum Gasteiger partial charge on any atom is -0.456 e. The standard InChI is InChI=1S/C19H18F2N2O6S/c1-11(19(26)29-10-18(25)13-3-8-16(20)17(21)9-13)23-30(27,28)15-6-4-14(5-7-15)22-12(2)24/h3-9,11,23H,10H2,1-2H3,(H,22,24)/t11-/m1/s1. The van der Waals surface area contributed by atoms with Crippen molar-refractivity contribution < 1.29 is 36.3 Å². The molecule has 0 aliphatic rings. The summed E-state index contributed by atoms with van der Waals surface area (Å²) in [7, 11) is -4.09. The van der Waals surface area contributed by atoms with Crippen LogP contribution in [0.5, 0.6) is 0 Å². The minimum atomic E-state index is -4.09. The second kappa shape index (κ2) is 9.55.